The molecular weight excluding hydrogens is 318 g/mol. The molecule has 2 unspecified atom stereocenters. The Morgan fingerprint density at radius 3 is 2.83 bits per heavy atom. The number of hydrogen-bond donors (Lipinski definition) is 1. The molecule has 1 aliphatic rings. The molecule has 1 saturated heterocycles. The summed E-state index contributed by atoms with van der Waals surface area (Å²) in [6.07, 6.45) is 1.58. The molecule has 7 nitrogen and oxygen atoms in total. The smallest absolute Gasteiger partial charge is 0.408 e. The van der Waals surface area contributed by atoms with Gasteiger partial charge in [-0.15, -0.1) is 0 Å². The van der Waals surface area contributed by atoms with E-state index in [1.165, 1.54) is 21.0 Å². The molecular formula is C15H21N3O4S. The van der Waals surface area contributed by atoms with Crippen molar-refractivity contribution in [2.75, 3.05) is 13.1 Å². The monoisotopic (exact) mass is 339 g/mol. The number of piperidine rings is 1. The van der Waals surface area contributed by atoms with Gasteiger partial charge in [0, 0.05) is 32.2 Å². The minimum absolute atomic E-state index is 0.132. The third-order valence-corrected chi connectivity index (χ3v) is 6.51. The van der Waals surface area contributed by atoms with Crippen molar-refractivity contribution < 1.29 is 12.8 Å². The summed E-state index contributed by atoms with van der Waals surface area (Å²) in [5, 5.41) is 0. The van der Waals surface area contributed by atoms with E-state index in [-0.39, 0.29) is 16.5 Å². The van der Waals surface area contributed by atoms with Crippen LogP contribution in [0.2, 0.25) is 0 Å². The highest BCUT2D eigenvalue weighted by atomic mass is 32.2. The summed E-state index contributed by atoms with van der Waals surface area (Å²) in [5.41, 5.74) is 6.61. The largest absolute Gasteiger partial charge is 0.419 e. The van der Waals surface area contributed by atoms with E-state index in [4.69, 9.17) is 10.2 Å². The lowest BCUT2D eigenvalue weighted by Gasteiger charge is -2.36. The van der Waals surface area contributed by atoms with Gasteiger partial charge in [0.1, 0.15) is 0 Å². The number of aryl methyl sites for hydroxylation is 1. The highest BCUT2D eigenvalue weighted by Gasteiger charge is 2.35. The number of oxazole rings is 1. The van der Waals surface area contributed by atoms with Crippen LogP contribution in [0.3, 0.4) is 0 Å². The van der Waals surface area contributed by atoms with Gasteiger partial charge in [-0.25, -0.2) is 13.2 Å². The maximum absolute atomic E-state index is 12.9. The first-order valence-corrected chi connectivity index (χ1v) is 9.10. The predicted molar refractivity (Wildman–Crippen MR) is 86.6 cm³/mol. The molecule has 2 aromatic rings. The SMILES string of the molecule is CC1CCN(S(=O)(=O)c2ccc3c(c2)oc(=O)n3C)C(CN)C1. The van der Waals surface area contributed by atoms with E-state index in [1.54, 1.807) is 13.1 Å². The van der Waals surface area contributed by atoms with Crippen LogP contribution in [0.5, 0.6) is 0 Å². The molecule has 1 aromatic heterocycles. The van der Waals surface area contributed by atoms with E-state index in [0.29, 0.717) is 24.5 Å². The first kappa shape index (κ1) is 16.2. The number of aromatic nitrogens is 1. The van der Waals surface area contributed by atoms with Crippen LogP contribution >= 0.6 is 0 Å². The van der Waals surface area contributed by atoms with Crippen molar-refractivity contribution in [1.29, 1.82) is 0 Å². The van der Waals surface area contributed by atoms with E-state index in [1.807, 2.05) is 0 Å². The summed E-state index contributed by atoms with van der Waals surface area (Å²) in [6, 6.07) is 4.33. The summed E-state index contributed by atoms with van der Waals surface area (Å²) in [4.78, 5) is 11.7. The summed E-state index contributed by atoms with van der Waals surface area (Å²) < 4.78 is 33.8. The van der Waals surface area contributed by atoms with Crippen molar-refractivity contribution in [3.05, 3.63) is 28.7 Å². The average molecular weight is 339 g/mol. The fourth-order valence-corrected chi connectivity index (χ4v) is 4.85. The molecule has 2 heterocycles. The molecule has 0 aliphatic carbocycles. The molecule has 1 aliphatic heterocycles. The summed E-state index contributed by atoms with van der Waals surface area (Å²) in [7, 11) is -2.08. The van der Waals surface area contributed by atoms with Gasteiger partial charge in [0.15, 0.2) is 5.58 Å². The van der Waals surface area contributed by atoms with E-state index in [9.17, 15) is 13.2 Å². The van der Waals surface area contributed by atoms with Crippen molar-refractivity contribution in [3.63, 3.8) is 0 Å². The van der Waals surface area contributed by atoms with Gasteiger partial charge in [-0.3, -0.25) is 4.57 Å². The quantitative estimate of drug-likeness (QED) is 0.895. The van der Waals surface area contributed by atoms with Crippen LogP contribution < -0.4 is 11.5 Å². The summed E-state index contributed by atoms with van der Waals surface area (Å²) in [6.45, 7) is 2.87. The number of nitrogens with two attached hydrogens (primary N) is 1. The van der Waals surface area contributed by atoms with E-state index in [0.717, 1.165) is 12.8 Å². The average Bonchev–Trinajstić information content (AvgIpc) is 2.81. The topological polar surface area (TPSA) is 98.5 Å². The Kier molecular flexibility index (Phi) is 4.07. The molecule has 1 fully saturated rings. The Bertz CT molecular complexity index is 884. The molecule has 0 bridgehead atoms. The Morgan fingerprint density at radius 2 is 2.13 bits per heavy atom. The van der Waals surface area contributed by atoms with Crippen LogP contribution in [0.15, 0.2) is 32.3 Å². The predicted octanol–water partition coefficient (Wildman–Crippen LogP) is 0.879. The minimum atomic E-state index is -3.66. The van der Waals surface area contributed by atoms with Crippen LogP contribution in [0.1, 0.15) is 19.8 Å². The molecule has 3 rings (SSSR count). The zero-order valence-corrected chi connectivity index (χ0v) is 14.0. The second-order valence-corrected chi connectivity index (χ2v) is 8.08. The van der Waals surface area contributed by atoms with Crippen molar-refractivity contribution in [2.24, 2.45) is 18.7 Å². The fourth-order valence-electron chi connectivity index (χ4n) is 3.17. The van der Waals surface area contributed by atoms with Gasteiger partial charge in [-0.05, 0) is 30.9 Å². The fraction of sp³-hybridized carbons (Fsp3) is 0.533. The highest BCUT2D eigenvalue weighted by Crippen LogP contribution is 2.29. The number of fused-ring (bicyclic) bond motifs is 1. The first-order valence-electron chi connectivity index (χ1n) is 7.66. The summed E-state index contributed by atoms with van der Waals surface area (Å²) >= 11 is 0. The molecule has 0 spiro atoms. The Labute approximate surface area is 134 Å². The minimum Gasteiger partial charge on any atom is -0.408 e. The number of rotatable bonds is 3. The zero-order chi connectivity index (χ0) is 16.8. The van der Waals surface area contributed by atoms with Crippen LogP contribution in [-0.2, 0) is 17.1 Å². The Morgan fingerprint density at radius 1 is 1.39 bits per heavy atom. The number of nitrogens with zero attached hydrogens (tertiary/aromatic N) is 2. The Hall–Kier alpha value is -1.64. The lowest BCUT2D eigenvalue weighted by atomic mass is 9.94. The van der Waals surface area contributed by atoms with Crippen LogP contribution in [-0.4, -0.2) is 36.4 Å². The molecule has 0 amide bonds. The number of sulfonamides is 1. The van der Waals surface area contributed by atoms with Gasteiger partial charge in [-0.2, -0.15) is 4.31 Å². The van der Waals surface area contributed by atoms with Crippen molar-refractivity contribution in [3.8, 4) is 0 Å². The summed E-state index contributed by atoms with van der Waals surface area (Å²) in [5.74, 6) is -0.0502. The van der Waals surface area contributed by atoms with Gasteiger partial charge in [0.25, 0.3) is 0 Å². The highest BCUT2D eigenvalue weighted by molar-refractivity contribution is 7.89. The lowest BCUT2D eigenvalue weighted by molar-refractivity contribution is 0.211. The van der Waals surface area contributed by atoms with Crippen molar-refractivity contribution >= 4 is 21.1 Å². The van der Waals surface area contributed by atoms with E-state index >= 15 is 0 Å². The second-order valence-electron chi connectivity index (χ2n) is 6.19. The Balaban J connectivity index is 2.03. The van der Waals surface area contributed by atoms with E-state index < -0.39 is 15.8 Å². The number of hydrogen-bond acceptors (Lipinski definition) is 5. The molecule has 2 atom stereocenters. The lowest BCUT2D eigenvalue weighted by Crippen LogP contribution is -2.49. The van der Waals surface area contributed by atoms with Crippen molar-refractivity contribution in [1.82, 2.24) is 8.87 Å². The second kappa shape index (κ2) is 5.77. The molecule has 23 heavy (non-hydrogen) atoms. The van der Waals surface area contributed by atoms with Gasteiger partial charge >= 0.3 is 5.76 Å². The maximum Gasteiger partial charge on any atom is 0.419 e. The standard InChI is InChI=1S/C15H21N3O4S/c1-10-5-6-18(11(7-10)9-16)23(20,21)12-3-4-13-14(8-12)22-15(19)17(13)2/h3-4,8,10-11H,5-7,9,16H2,1-2H3. The molecule has 0 saturated carbocycles. The van der Waals surface area contributed by atoms with E-state index in [2.05, 4.69) is 6.92 Å². The molecule has 0 radical (unpaired) electrons. The third-order valence-electron chi connectivity index (χ3n) is 4.57. The van der Waals surface area contributed by atoms with Crippen LogP contribution in [0.4, 0.5) is 0 Å². The van der Waals surface area contributed by atoms with Crippen LogP contribution in [0.25, 0.3) is 11.1 Å². The van der Waals surface area contributed by atoms with Gasteiger partial charge in [0.05, 0.1) is 10.4 Å². The van der Waals surface area contributed by atoms with Gasteiger partial charge < -0.3 is 10.2 Å². The molecule has 2 N–H and O–H groups in total. The van der Waals surface area contributed by atoms with Crippen LogP contribution in [0, 0.1) is 5.92 Å². The van der Waals surface area contributed by atoms with Gasteiger partial charge in [0.2, 0.25) is 10.0 Å². The van der Waals surface area contributed by atoms with Crippen molar-refractivity contribution in [2.45, 2.75) is 30.7 Å². The first-order chi connectivity index (χ1) is 10.8. The molecule has 8 heteroatoms. The third kappa shape index (κ3) is 2.71. The maximum atomic E-state index is 12.9. The zero-order valence-electron chi connectivity index (χ0n) is 13.2. The number of benzene rings is 1. The molecule has 126 valence electrons. The van der Waals surface area contributed by atoms with Gasteiger partial charge in [-0.1, -0.05) is 6.92 Å². The molecule has 1 aromatic carbocycles. The normalized spacial score (nSPS) is 23.4.